The fraction of sp³-hybridized carbons (Fsp3) is 0.364. The van der Waals surface area contributed by atoms with Crippen molar-refractivity contribution in [2.24, 2.45) is 0 Å². The van der Waals surface area contributed by atoms with Crippen molar-refractivity contribution in [1.82, 2.24) is 0 Å². The van der Waals surface area contributed by atoms with Crippen molar-refractivity contribution in [3.05, 3.63) is 33.4 Å². The smallest absolute Gasteiger partial charge is 0.327 e. The van der Waals surface area contributed by atoms with Gasteiger partial charge in [0, 0.05) is 17.8 Å². The highest BCUT2D eigenvalue weighted by Crippen LogP contribution is 2.34. The van der Waals surface area contributed by atoms with Crippen LogP contribution >= 0.6 is 11.8 Å². The summed E-state index contributed by atoms with van der Waals surface area (Å²) in [6.07, 6.45) is 0. The Labute approximate surface area is 109 Å². The number of nitrogens with zero attached hydrogens (tertiary/aromatic N) is 2. The largest absolute Gasteiger partial charge is 0.480 e. The molecule has 1 rings (SSSR count). The lowest BCUT2D eigenvalue weighted by molar-refractivity contribution is -0.385. The number of hydrogen-bond acceptors (Lipinski definition) is 4. The van der Waals surface area contributed by atoms with Gasteiger partial charge in [-0.25, -0.2) is 4.79 Å². The third-order valence-corrected chi connectivity index (χ3v) is 3.17. The summed E-state index contributed by atoms with van der Waals surface area (Å²) in [6.45, 7) is 4.67. The number of carbonyl (C=O) groups is 1. The third kappa shape index (κ3) is 2.53. The summed E-state index contributed by atoms with van der Waals surface area (Å²) >= 11 is 5.97. The Morgan fingerprint density at radius 3 is 2.50 bits per heavy atom. The van der Waals surface area contributed by atoms with Crippen LogP contribution in [0.15, 0.2) is 12.1 Å². The van der Waals surface area contributed by atoms with Gasteiger partial charge in [-0.1, -0.05) is 6.07 Å². The summed E-state index contributed by atoms with van der Waals surface area (Å²) in [6, 6.07) is 1.94. The van der Waals surface area contributed by atoms with Gasteiger partial charge in [-0.15, -0.1) is 0 Å². The maximum atomic E-state index is 10.9. The molecule has 0 heterocycles. The van der Waals surface area contributed by atoms with E-state index in [0.717, 1.165) is 4.42 Å². The van der Waals surface area contributed by atoms with E-state index < -0.39 is 16.9 Å². The Kier molecular flexibility index (Phi) is 4.13. The molecule has 0 aliphatic carbocycles. The molecule has 1 N–H and O–H groups in total. The molecule has 0 spiro atoms. The molecular weight excluding hydrogens is 260 g/mol. The molecule has 6 nitrogen and oxygen atoms in total. The van der Waals surface area contributed by atoms with E-state index in [-0.39, 0.29) is 5.69 Å². The van der Waals surface area contributed by atoms with Crippen molar-refractivity contribution < 1.29 is 14.8 Å². The predicted molar refractivity (Wildman–Crippen MR) is 68.0 cm³/mol. The number of anilines is 1. The summed E-state index contributed by atoms with van der Waals surface area (Å²) < 4.78 is 1.01. The molecule has 0 saturated carbocycles. The van der Waals surface area contributed by atoms with Gasteiger partial charge in [0.15, 0.2) is 0 Å². The lowest BCUT2D eigenvalue weighted by Crippen LogP contribution is -2.32. The highest BCUT2D eigenvalue weighted by Gasteiger charge is 2.25. The minimum absolute atomic E-state index is 0.0844. The van der Waals surface area contributed by atoms with Crippen LogP contribution in [0.5, 0.6) is 0 Å². The molecule has 0 fully saturated rings. The zero-order valence-electron chi connectivity index (χ0n) is 10.2. The monoisotopic (exact) mass is 272 g/mol. The molecule has 1 atom stereocenters. The van der Waals surface area contributed by atoms with E-state index in [1.54, 1.807) is 19.9 Å². The van der Waals surface area contributed by atoms with E-state index in [9.17, 15) is 14.9 Å². The van der Waals surface area contributed by atoms with Gasteiger partial charge in [0.2, 0.25) is 0 Å². The molecule has 0 aromatic heterocycles. The third-order valence-electron chi connectivity index (χ3n) is 2.71. The molecule has 0 radical (unpaired) electrons. The maximum Gasteiger partial charge on any atom is 0.327 e. The summed E-state index contributed by atoms with van der Waals surface area (Å²) in [5, 5.41) is 19.8. The highest BCUT2D eigenvalue weighted by atomic mass is 35.5. The minimum atomic E-state index is -1.10. The minimum Gasteiger partial charge on any atom is -0.480 e. The Hall–Kier alpha value is -1.82. The Bertz CT molecular complexity index is 504. The molecule has 0 aliphatic rings. The number of nitro benzene ring substituents is 1. The van der Waals surface area contributed by atoms with E-state index in [1.807, 2.05) is 0 Å². The molecule has 1 aromatic carbocycles. The van der Waals surface area contributed by atoms with Crippen LogP contribution in [0.2, 0.25) is 0 Å². The van der Waals surface area contributed by atoms with E-state index in [2.05, 4.69) is 0 Å². The van der Waals surface area contributed by atoms with Gasteiger partial charge in [-0.3, -0.25) is 14.5 Å². The normalized spacial score (nSPS) is 12.0. The fourth-order valence-corrected chi connectivity index (χ4v) is 1.99. The van der Waals surface area contributed by atoms with Crippen LogP contribution in [0, 0.1) is 24.0 Å². The topological polar surface area (TPSA) is 83.7 Å². The number of halogens is 1. The number of carboxylic acid groups (broad SMARTS) is 1. The number of benzene rings is 1. The van der Waals surface area contributed by atoms with E-state index in [0.29, 0.717) is 16.8 Å². The van der Waals surface area contributed by atoms with Gasteiger partial charge >= 0.3 is 5.97 Å². The summed E-state index contributed by atoms with van der Waals surface area (Å²) in [7, 11) is 0. The number of aliphatic carboxylic acids is 1. The van der Waals surface area contributed by atoms with Crippen molar-refractivity contribution in [1.29, 1.82) is 0 Å². The first kappa shape index (κ1) is 14.2. The zero-order chi connectivity index (χ0) is 14.0. The summed E-state index contributed by atoms with van der Waals surface area (Å²) in [5.74, 6) is -1.10. The average molecular weight is 273 g/mol. The lowest BCUT2D eigenvalue weighted by atomic mass is 10.1. The molecular formula is C11H13ClN2O4. The quantitative estimate of drug-likeness (QED) is 0.517. The van der Waals surface area contributed by atoms with Gasteiger partial charge in [0.25, 0.3) is 5.69 Å². The SMILES string of the molecule is Cc1ccc([N+](=O)[O-])c(C)c1N(Cl)[C@@H](C)C(=O)O. The second-order valence-corrected chi connectivity index (χ2v) is 4.32. The van der Waals surface area contributed by atoms with Crippen molar-refractivity contribution in [2.45, 2.75) is 26.8 Å². The van der Waals surface area contributed by atoms with Crippen LogP contribution in [0.1, 0.15) is 18.1 Å². The molecule has 0 aliphatic heterocycles. The first-order valence-electron chi connectivity index (χ1n) is 5.19. The van der Waals surface area contributed by atoms with Gasteiger partial charge in [0.05, 0.1) is 16.2 Å². The van der Waals surface area contributed by atoms with Crippen LogP contribution in [0.3, 0.4) is 0 Å². The summed E-state index contributed by atoms with van der Waals surface area (Å²) in [5.41, 5.74) is 1.31. The van der Waals surface area contributed by atoms with Crippen LogP contribution in [0.25, 0.3) is 0 Å². The molecule has 0 unspecified atom stereocenters. The van der Waals surface area contributed by atoms with Crippen molar-refractivity contribution in [2.75, 3.05) is 4.42 Å². The van der Waals surface area contributed by atoms with Crippen molar-refractivity contribution in [3.8, 4) is 0 Å². The Balaban J connectivity index is 3.35. The second kappa shape index (κ2) is 5.22. The van der Waals surface area contributed by atoms with Crippen LogP contribution in [-0.2, 0) is 4.79 Å². The maximum absolute atomic E-state index is 10.9. The number of nitro groups is 1. The molecule has 1 aromatic rings. The molecule has 7 heteroatoms. The lowest BCUT2D eigenvalue weighted by Gasteiger charge is -2.23. The number of aryl methyl sites for hydroxylation is 1. The van der Waals surface area contributed by atoms with Crippen LogP contribution in [-0.4, -0.2) is 22.0 Å². The number of carboxylic acids is 1. The van der Waals surface area contributed by atoms with Gasteiger partial charge < -0.3 is 5.11 Å². The van der Waals surface area contributed by atoms with E-state index in [1.165, 1.54) is 13.0 Å². The van der Waals surface area contributed by atoms with Crippen molar-refractivity contribution in [3.63, 3.8) is 0 Å². The zero-order valence-corrected chi connectivity index (χ0v) is 10.9. The Morgan fingerprint density at radius 1 is 1.50 bits per heavy atom. The molecule has 0 saturated heterocycles. The summed E-state index contributed by atoms with van der Waals surface area (Å²) in [4.78, 5) is 21.2. The van der Waals surface area contributed by atoms with E-state index >= 15 is 0 Å². The molecule has 18 heavy (non-hydrogen) atoms. The molecule has 0 bridgehead atoms. The Morgan fingerprint density at radius 2 is 2.06 bits per heavy atom. The van der Waals surface area contributed by atoms with Gasteiger partial charge in [0.1, 0.15) is 6.04 Å². The second-order valence-electron chi connectivity index (χ2n) is 3.96. The average Bonchev–Trinajstić information content (AvgIpc) is 2.27. The van der Waals surface area contributed by atoms with Crippen molar-refractivity contribution >= 4 is 29.1 Å². The first-order chi connectivity index (χ1) is 8.27. The highest BCUT2D eigenvalue weighted by molar-refractivity contribution is 6.28. The fourth-order valence-electron chi connectivity index (χ4n) is 1.64. The first-order valence-corrected chi connectivity index (χ1v) is 5.53. The molecule has 98 valence electrons. The van der Waals surface area contributed by atoms with E-state index in [4.69, 9.17) is 16.9 Å². The molecule has 0 amide bonds. The van der Waals surface area contributed by atoms with Gasteiger partial charge in [-0.05, 0) is 26.3 Å². The standard InChI is InChI=1S/C11H13ClN2O4/c1-6-4-5-9(14(17)18)7(2)10(6)13(12)8(3)11(15)16/h4-5,8H,1-3H3,(H,15,16)/t8-/m0/s1. The van der Waals surface area contributed by atoms with Crippen LogP contribution in [0.4, 0.5) is 11.4 Å². The number of rotatable bonds is 4. The predicted octanol–water partition coefficient (Wildman–Crippen LogP) is 2.64. The van der Waals surface area contributed by atoms with Gasteiger partial charge in [-0.2, -0.15) is 0 Å². The number of hydrogen-bond donors (Lipinski definition) is 1. The van der Waals surface area contributed by atoms with Crippen LogP contribution < -0.4 is 4.42 Å².